The van der Waals surface area contributed by atoms with E-state index in [1.54, 1.807) is 0 Å². The summed E-state index contributed by atoms with van der Waals surface area (Å²) in [5.74, 6) is 1.49. The molecule has 0 heterocycles. The highest BCUT2D eigenvalue weighted by Crippen LogP contribution is 2.36. The van der Waals surface area contributed by atoms with Crippen molar-refractivity contribution in [1.82, 2.24) is 0 Å². The Morgan fingerprint density at radius 2 is 1.67 bits per heavy atom. The third-order valence-corrected chi connectivity index (χ3v) is 4.93. The molecular formula is C13H22OS. The fraction of sp³-hybridized carbons (Fsp3) is 0.923. The summed E-state index contributed by atoms with van der Waals surface area (Å²) in [6.45, 7) is 0. The lowest BCUT2D eigenvalue weighted by molar-refractivity contribution is -0.124. The fourth-order valence-corrected chi connectivity index (χ4v) is 3.79. The zero-order valence-corrected chi connectivity index (χ0v) is 10.3. The van der Waals surface area contributed by atoms with Crippen molar-refractivity contribution in [2.24, 2.45) is 11.8 Å². The highest BCUT2D eigenvalue weighted by atomic mass is 32.1. The third kappa shape index (κ3) is 2.77. The molecule has 2 rings (SSSR count). The van der Waals surface area contributed by atoms with Crippen molar-refractivity contribution in [3.05, 3.63) is 0 Å². The lowest BCUT2D eigenvalue weighted by Crippen LogP contribution is -2.33. The monoisotopic (exact) mass is 226 g/mol. The van der Waals surface area contributed by atoms with Crippen LogP contribution < -0.4 is 0 Å². The average Bonchev–Trinajstić information content (AvgIpc) is 2.30. The molecule has 15 heavy (non-hydrogen) atoms. The topological polar surface area (TPSA) is 17.1 Å². The summed E-state index contributed by atoms with van der Waals surface area (Å²) in [7, 11) is 0. The first-order chi connectivity index (χ1) is 7.29. The van der Waals surface area contributed by atoms with Crippen LogP contribution in [0.2, 0.25) is 0 Å². The number of hydrogen-bond acceptors (Lipinski definition) is 2. The van der Waals surface area contributed by atoms with E-state index < -0.39 is 0 Å². The van der Waals surface area contributed by atoms with Gasteiger partial charge in [0.1, 0.15) is 5.78 Å². The third-order valence-electron chi connectivity index (χ3n) is 4.15. The normalized spacial score (nSPS) is 31.5. The number of hydrogen-bond donors (Lipinski definition) is 1. The maximum atomic E-state index is 11.8. The second kappa shape index (κ2) is 5.38. The van der Waals surface area contributed by atoms with Crippen LogP contribution >= 0.6 is 12.6 Å². The molecule has 0 radical (unpaired) electrons. The summed E-state index contributed by atoms with van der Waals surface area (Å²) in [5, 5.41) is 0.359. The van der Waals surface area contributed by atoms with E-state index in [0.717, 1.165) is 19.3 Å². The molecule has 2 atom stereocenters. The predicted octanol–water partition coefficient (Wildman–Crippen LogP) is 3.62. The van der Waals surface area contributed by atoms with E-state index >= 15 is 0 Å². The number of rotatable bonds is 2. The van der Waals surface area contributed by atoms with Crippen molar-refractivity contribution in [3.63, 3.8) is 0 Å². The lowest BCUT2D eigenvalue weighted by Gasteiger charge is -2.33. The Kier molecular flexibility index (Phi) is 4.13. The smallest absolute Gasteiger partial charge is 0.137 e. The van der Waals surface area contributed by atoms with Crippen LogP contribution in [0.1, 0.15) is 57.8 Å². The molecule has 0 aromatic carbocycles. The van der Waals surface area contributed by atoms with Crippen molar-refractivity contribution in [3.8, 4) is 0 Å². The molecule has 2 unspecified atom stereocenters. The van der Waals surface area contributed by atoms with Crippen LogP contribution in [-0.2, 0) is 4.79 Å². The van der Waals surface area contributed by atoms with Gasteiger partial charge in [-0.1, -0.05) is 25.7 Å². The number of thiol groups is 1. The van der Waals surface area contributed by atoms with Crippen LogP contribution in [0.4, 0.5) is 0 Å². The molecule has 2 aliphatic rings. The van der Waals surface area contributed by atoms with Gasteiger partial charge in [0.05, 0.1) is 0 Å². The molecule has 2 fully saturated rings. The van der Waals surface area contributed by atoms with Crippen LogP contribution in [-0.4, -0.2) is 11.0 Å². The lowest BCUT2D eigenvalue weighted by atomic mass is 9.76. The molecule has 0 aromatic heterocycles. The Hall–Kier alpha value is 0.0200. The Balaban J connectivity index is 1.92. The maximum absolute atomic E-state index is 11.8. The summed E-state index contributed by atoms with van der Waals surface area (Å²) in [5.41, 5.74) is 0. The quantitative estimate of drug-likeness (QED) is 0.712. The zero-order valence-electron chi connectivity index (χ0n) is 9.45. The molecular weight excluding hydrogens is 204 g/mol. The van der Waals surface area contributed by atoms with E-state index in [0.29, 0.717) is 17.0 Å². The summed E-state index contributed by atoms with van der Waals surface area (Å²) < 4.78 is 0. The van der Waals surface area contributed by atoms with E-state index in [2.05, 4.69) is 0 Å². The molecule has 1 nitrogen and oxygen atoms in total. The maximum Gasteiger partial charge on any atom is 0.137 e. The minimum atomic E-state index is 0.283. The number of Topliss-reactive ketones (excluding diaryl/α,β-unsaturated/α-hetero) is 1. The first kappa shape index (κ1) is 11.5. The van der Waals surface area contributed by atoms with Crippen LogP contribution in [0.15, 0.2) is 0 Å². The predicted molar refractivity (Wildman–Crippen MR) is 66.3 cm³/mol. The van der Waals surface area contributed by atoms with Gasteiger partial charge in [0.15, 0.2) is 0 Å². The van der Waals surface area contributed by atoms with Crippen LogP contribution in [0.5, 0.6) is 0 Å². The Morgan fingerprint density at radius 1 is 1.00 bits per heavy atom. The Morgan fingerprint density at radius 3 is 2.33 bits per heavy atom. The van der Waals surface area contributed by atoms with E-state index in [1.165, 1.54) is 38.5 Å². The van der Waals surface area contributed by atoms with Gasteiger partial charge in [-0.05, 0) is 31.6 Å². The molecule has 0 aliphatic heterocycles. The Labute approximate surface area is 98.4 Å². The van der Waals surface area contributed by atoms with Gasteiger partial charge >= 0.3 is 0 Å². The number of ketones is 1. The molecule has 2 heteroatoms. The number of carbonyl (C=O) groups excluding carboxylic acids is 1. The molecule has 86 valence electrons. The van der Waals surface area contributed by atoms with Crippen LogP contribution in [0.3, 0.4) is 0 Å². The summed E-state index contributed by atoms with van der Waals surface area (Å²) in [4.78, 5) is 11.8. The van der Waals surface area contributed by atoms with Crippen LogP contribution in [0.25, 0.3) is 0 Å². The molecule has 0 spiro atoms. The van der Waals surface area contributed by atoms with Gasteiger partial charge in [-0.25, -0.2) is 0 Å². The van der Waals surface area contributed by atoms with E-state index in [9.17, 15) is 4.79 Å². The molecule has 0 N–H and O–H groups in total. The van der Waals surface area contributed by atoms with Gasteiger partial charge in [0.2, 0.25) is 0 Å². The van der Waals surface area contributed by atoms with Gasteiger partial charge in [0.25, 0.3) is 0 Å². The highest BCUT2D eigenvalue weighted by Gasteiger charge is 2.33. The van der Waals surface area contributed by atoms with Gasteiger partial charge in [-0.2, -0.15) is 12.6 Å². The second-order valence-electron chi connectivity index (χ2n) is 5.21. The van der Waals surface area contributed by atoms with E-state index in [4.69, 9.17) is 12.6 Å². The molecule has 0 aromatic rings. The first-order valence-electron chi connectivity index (χ1n) is 6.50. The van der Waals surface area contributed by atoms with Gasteiger partial charge in [-0.3, -0.25) is 4.79 Å². The average molecular weight is 226 g/mol. The van der Waals surface area contributed by atoms with E-state index in [1.807, 2.05) is 0 Å². The van der Waals surface area contributed by atoms with Crippen molar-refractivity contribution >= 4 is 18.4 Å². The SMILES string of the molecule is O=C1CCCCC1C(S)C1CCCCC1. The number of carbonyl (C=O) groups is 1. The fourth-order valence-electron chi connectivity index (χ4n) is 3.18. The molecule has 0 bridgehead atoms. The minimum absolute atomic E-state index is 0.283. The molecule has 2 saturated carbocycles. The van der Waals surface area contributed by atoms with E-state index in [-0.39, 0.29) is 5.92 Å². The van der Waals surface area contributed by atoms with Crippen molar-refractivity contribution in [2.75, 3.05) is 0 Å². The molecule has 0 saturated heterocycles. The zero-order chi connectivity index (χ0) is 10.7. The van der Waals surface area contributed by atoms with Gasteiger partial charge in [-0.15, -0.1) is 0 Å². The summed E-state index contributed by atoms with van der Waals surface area (Å²) >= 11 is 4.75. The first-order valence-corrected chi connectivity index (χ1v) is 7.01. The van der Waals surface area contributed by atoms with Gasteiger partial charge < -0.3 is 0 Å². The summed E-state index contributed by atoms with van der Waals surface area (Å²) in [6.07, 6.45) is 11.0. The molecule has 2 aliphatic carbocycles. The minimum Gasteiger partial charge on any atom is -0.299 e. The van der Waals surface area contributed by atoms with Gasteiger partial charge in [0, 0.05) is 17.6 Å². The van der Waals surface area contributed by atoms with Crippen molar-refractivity contribution < 1.29 is 4.79 Å². The van der Waals surface area contributed by atoms with Crippen LogP contribution in [0, 0.1) is 11.8 Å². The second-order valence-corrected chi connectivity index (χ2v) is 5.80. The molecule has 0 amide bonds. The Bertz CT molecular complexity index is 221. The van der Waals surface area contributed by atoms with Crippen molar-refractivity contribution in [1.29, 1.82) is 0 Å². The summed E-state index contributed by atoms with van der Waals surface area (Å²) in [6, 6.07) is 0. The largest absolute Gasteiger partial charge is 0.299 e. The standard InChI is InChI=1S/C13H22OS/c14-12-9-5-4-8-11(12)13(15)10-6-2-1-3-7-10/h10-11,13,15H,1-9H2. The van der Waals surface area contributed by atoms with Crippen molar-refractivity contribution in [2.45, 2.75) is 63.0 Å². The highest BCUT2D eigenvalue weighted by molar-refractivity contribution is 7.81.